The van der Waals surface area contributed by atoms with Crippen LogP contribution in [0.3, 0.4) is 0 Å². The minimum atomic E-state index is -2.51. The van der Waals surface area contributed by atoms with E-state index in [1.807, 2.05) is 0 Å². The SMILES string of the molecule is [CH2]C(c1cc(Cl)cc(Cl)c1)C(F)F. The zero-order chi connectivity index (χ0) is 10.0. The summed E-state index contributed by atoms with van der Waals surface area (Å²) in [7, 11) is 0. The second-order valence-corrected chi connectivity index (χ2v) is 3.52. The van der Waals surface area contributed by atoms with Gasteiger partial charge in [-0.3, -0.25) is 0 Å². The van der Waals surface area contributed by atoms with Gasteiger partial charge in [-0.15, -0.1) is 0 Å². The molecule has 1 aromatic carbocycles. The normalized spacial score (nSPS) is 13.4. The smallest absolute Gasteiger partial charge is 0.210 e. The molecule has 0 aliphatic rings. The summed E-state index contributed by atoms with van der Waals surface area (Å²) < 4.78 is 24.5. The summed E-state index contributed by atoms with van der Waals surface area (Å²) in [6, 6.07) is 4.37. The number of hydrogen-bond donors (Lipinski definition) is 0. The molecule has 0 nitrogen and oxygen atoms in total. The summed E-state index contributed by atoms with van der Waals surface area (Å²) in [6.45, 7) is 3.32. The van der Waals surface area contributed by atoms with Crippen molar-refractivity contribution in [3.63, 3.8) is 0 Å². The van der Waals surface area contributed by atoms with Crippen LogP contribution in [0.25, 0.3) is 0 Å². The molecule has 1 aromatic rings. The van der Waals surface area contributed by atoms with E-state index in [1.165, 1.54) is 18.2 Å². The molecular weight excluding hydrogens is 217 g/mol. The quantitative estimate of drug-likeness (QED) is 0.706. The lowest BCUT2D eigenvalue weighted by atomic mass is 10.0. The Kier molecular flexibility index (Phi) is 3.51. The van der Waals surface area contributed by atoms with Crippen LogP contribution in [0.5, 0.6) is 0 Å². The van der Waals surface area contributed by atoms with Crippen molar-refractivity contribution in [1.82, 2.24) is 0 Å². The standard InChI is InChI=1S/C9H7Cl2F2/c1-5(9(12)13)6-2-7(10)4-8(11)3-6/h2-5,9H,1H2. The molecule has 1 radical (unpaired) electrons. The molecule has 71 valence electrons. The van der Waals surface area contributed by atoms with E-state index < -0.39 is 12.3 Å². The van der Waals surface area contributed by atoms with Gasteiger partial charge in [0, 0.05) is 16.0 Å². The monoisotopic (exact) mass is 223 g/mol. The molecule has 0 saturated heterocycles. The molecule has 0 amide bonds. The Bertz CT molecular complexity index is 279. The van der Waals surface area contributed by atoms with Crippen molar-refractivity contribution in [2.75, 3.05) is 0 Å². The molecule has 0 fully saturated rings. The van der Waals surface area contributed by atoms with Crippen molar-refractivity contribution in [1.29, 1.82) is 0 Å². The summed E-state index contributed by atoms with van der Waals surface area (Å²) in [5, 5.41) is 0.689. The lowest BCUT2D eigenvalue weighted by Gasteiger charge is -2.10. The van der Waals surface area contributed by atoms with Crippen LogP contribution in [-0.4, -0.2) is 6.43 Å². The minimum Gasteiger partial charge on any atom is -0.210 e. The largest absolute Gasteiger partial charge is 0.245 e. The van der Waals surface area contributed by atoms with Crippen molar-refractivity contribution < 1.29 is 8.78 Å². The Morgan fingerprint density at radius 2 is 1.54 bits per heavy atom. The third-order valence-electron chi connectivity index (χ3n) is 1.62. The van der Waals surface area contributed by atoms with Gasteiger partial charge in [0.2, 0.25) is 6.43 Å². The maximum absolute atomic E-state index is 12.2. The van der Waals surface area contributed by atoms with E-state index in [0.29, 0.717) is 15.6 Å². The van der Waals surface area contributed by atoms with Gasteiger partial charge in [-0.2, -0.15) is 0 Å². The van der Waals surface area contributed by atoms with E-state index in [0.717, 1.165) is 0 Å². The molecule has 0 aromatic heterocycles. The van der Waals surface area contributed by atoms with Crippen LogP contribution in [0.4, 0.5) is 8.78 Å². The zero-order valence-electron chi connectivity index (χ0n) is 6.61. The van der Waals surface area contributed by atoms with Gasteiger partial charge >= 0.3 is 0 Å². The highest BCUT2D eigenvalue weighted by molar-refractivity contribution is 6.34. The molecule has 13 heavy (non-hydrogen) atoms. The summed E-state index contributed by atoms with van der Waals surface area (Å²) in [5.41, 5.74) is 0.354. The van der Waals surface area contributed by atoms with Crippen molar-refractivity contribution in [2.45, 2.75) is 12.3 Å². The second kappa shape index (κ2) is 4.25. The van der Waals surface area contributed by atoms with Crippen LogP contribution < -0.4 is 0 Å². The fraction of sp³-hybridized carbons (Fsp3) is 0.222. The van der Waals surface area contributed by atoms with E-state index in [1.54, 1.807) is 0 Å². The van der Waals surface area contributed by atoms with Crippen LogP contribution in [0, 0.1) is 6.92 Å². The molecule has 0 aliphatic heterocycles. The molecule has 1 unspecified atom stereocenters. The first kappa shape index (κ1) is 10.7. The van der Waals surface area contributed by atoms with Gasteiger partial charge < -0.3 is 0 Å². The Balaban J connectivity index is 3.01. The van der Waals surface area contributed by atoms with E-state index in [4.69, 9.17) is 23.2 Å². The number of hydrogen-bond acceptors (Lipinski definition) is 0. The molecule has 1 rings (SSSR count). The average Bonchev–Trinajstić information content (AvgIpc) is 2.01. The molecule has 0 N–H and O–H groups in total. The molecule has 0 saturated carbocycles. The fourth-order valence-electron chi connectivity index (χ4n) is 0.935. The van der Waals surface area contributed by atoms with E-state index >= 15 is 0 Å². The van der Waals surface area contributed by atoms with Crippen LogP contribution in [-0.2, 0) is 0 Å². The van der Waals surface area contributed by atoms with Gasteiger partial charge in [-0.25, -0.2) is 8.78 Å². The topological polar surface area (TPSA) is 0 Å². The predicted octanol–water partition coefficient (Wildman–Crippen LogP) is 4.18. The predicted molar refractivity (Wildman–Crippen MR) is 50.6 cm³/mol. The Morgan fingerprint density at radius 1 is 1.08 bits per heavy atom. The van der Waals surface area contributed by atoms with Gasteiger partial charge in [0.15, 0.2) is 0 Å². The molecule has 1 atom stereocenters. The zero-order valence-corrected chi connectivity index (χ0v) is 8.12. The molecule has 0 heterocycles. The lowest BCUT2D eigenvalue weighted by Crippen LogP contribution is -2.04. The van der Waals surface area contributed by atoms with E-state index in [2.05, 4.69) is 6.92 Å². The molecule has 4 heteroatoms. The number of halogens is 4. The maximum atomic E-state index is 12.2. The molecule has 0 aliphatic carbocycles. The molecular formula is C9H7Cl2F2. The summed E-state index contributed by atoms with van der Waals surface area (Å²) in [6.07, 6.45) is -2.51. The highest BCUT2D eigenvalue weighted by Gasteiger charge is 2.17. The van der Waals surface area contributed by atoms with Crippen LogP contribution in [0.15, 0.2) is 18.2 Å². The number of rotatable bonds is 2. The van der Waals surface area contributed by atoms with Crippen molar-refractivity contribution in [3.05, 3.63) is 40.7 Å². The fourth-order valence-corrected chi connectivity index (χ4v) is 1.48. The van der Waals surface area contributed by atoms with Gasteiger partial charge in [0.05, 0.1) is 0 Å². The van der Waals surface area contributed by atoms with Crippen LogP contribution >= 0.6 is 23.2 Å². The number of benzene rings is 1. The average molecular weight is 224 g/mol. The third-order valence-corrected chi connectivity index (χ3v) is 2.05. The summed E-state index contributed by atoms with van der Waals surface area (Å²) >= 11 is 11.3. The Morgan fingerprint density at radius 3 is 1.92 bits per heavy atom. The second-order valence-electron chi connectivity index (χ2n) is 2.64. The molecule has 0 spiro atoms. The summed E-state index contributed by atoms with van der Waals surface area (Å²) in [4.78, 5) is 0. The molecule has 0 bridgehead atoms. The van der Waals surface area contributed by atoms with Gasteiger partial charge in [-0.05, 0) is 30.7 Å². The Labute approximate surface area is 85.5 Å². The van der Waals surface area contributed by atoms with Crippen LogP contribution in [0.1, 0.15) is 11.5 Å². The third kappa shape index (κ3) is 2.82. The highest BCUT2D eigenvalue weighted by atomic mass is 35.5. The summed E-state index contributed by atoms with van der Waals surface area (Å²) in [5.74, 6) is -1.09. The van der Waals surface area contributed by atoms with E-state index in [9.17, 15) is 8.78 Å². The van der Waals surface area contributed by atoms with Crippen molar-refractivity contribution in [3.8, 4) is 0 Å². The van der Waals surface area contributed by atoms with Gasteiger partial charge in [0.1, 0.15) is 0 Å². The van der Waals surface area contributed by atoms with Crippen LogP contribution in [0.2, 0.25) is 10.0 Å². The maximum Gasteiger partial charge on any atom is 0.245 e. The first-order valence-electron chi connectivity index (χ1n) is 3.58. The Hall–Kier alpha value is -0.340. The van der Waals surface area contributed by atoms with Crippen molar-refractivity contribution in [2.24, 2.45) is 0 Å². The van der Waals surface area contributed by atoms with Gasteiger partial charge in [0.25, 0.3) is 0 Å². The first-order valence-corrected chi connectivity index (χ1v) is 4.33. The lowest BCUT2D eigenvalue weighted by molar-refractivity contribution is 0.130. The minimum absolute atomic E-state index is 0.344. The first-order chi connectivity index (χ1) is 6.00. The van der Waals surface area contributed by atoms with Crippen molar-refractivity contribution >= 4 is 23.2 Å². The number of alkyl halides is 2. The highest BCUT2D eigenvalue weighted by Crippen LogP contribution is 2.27. The van der Waals surface area contributed by atoms with E-state index in [-0.39, 0.29) is 0 Å². The van der Waals surface area contributed by atoms with Gasteiger partial charge in [-0.1, -0.05) is 23.2 Å².